The average Bonchev–Trinajstić information content (AvgIpc) is 2.30. The van der Waals surface area contributed by atoms with E-state index < -0.39 is 11.1 Å². The van der Waals surface area contributed by atoms with Crippen LogP contribution in [0.1, 0.15) is 0 Å². The average molecular weight is 276 g/mol. The fraction of sp³-hybridized carbons (Fsp3) is 0.500. The van der Waals surface area contributed by atoms with Gasteiger partial charge in [0.2, 0.25) is 0 Å². The number of halogens is 1. The maximum atomic E-state index is 10.7. The molecule has 0 spiro atoms. The second-order valence-corrected chi connectivity index (χ2v) is 5.23. The van der Waals surface area contributed by atoms with Crippen molar-refractivity contribution in [2.45, 2.75) is 0 Å². The molecule has 1 aromatic rings. The molecule has 1 saturated heterocycles. The molecule has 0 bridgehead atoms. The molecule has 1 N–H and O–H groups in total. The summed E-state index contributed by atoms with van der Waals surface area (Å²) < 4.78 is 19.5. The van der Waals surface area contributed by atoms with Crippen molar-refractivity contribution >= 4 is 28.5 Å². The maximum Gasteiger partial charge on any atom is 0.167 e. The predicted molar refractivity (Wildman–Crippen MR) is 68.7 cm³/mol. The number of piperazine rings is 1. The Bertz CT molecular complexity index is 393. The first-order valence-electron chi connectivity index (χ1n) is 5.31. The van der Waals surface area contributed by atoms with E-state index in [-0.39, 0.29) is 5.88 Å². The highest BCUT2D eigenvalue weighted by Gasteiger charge is 2.18. The van der Waals surface area contributed by atoms with Gasteiger partial charge >= 0.3 is 0 Å². The molecule has 5 nitrogen and oxygen atoms in total. The molecule has 2 heterocycles. The van der Waals surface area contributed by atoms with Gasteiger partial charge in [0.05, 0.1) is 5.02 Å². The van der Waals surface area contributed by atoms with Crippen LogP contribution in [-0.2, 0) is 11.1 Å². The van der Waals surface area contributed by atoms with E-state index >= 15 is 0 Å². The van der Waals surface area contributed by atoms with Crippen LogP contribution in [0.25, 0.3) is 0 Å². The predicted octanol–water partition coefficient (Wildman–Crippen LogP) is 1.04. The van der Waals surface area contributed by atoms with Gasteiger partial charge < -0.3 is 9.45 Å². The monoisotopic (exact) mass is 275 g/mol. The second-order valence-electron chi connectivity index (χ2n) is 3.89. The molecule has 0 amide bonds. The van der Waals surface area contributed by atoms with E-state index in [0.29, 0.717) is 5.02 Å². The van der Waals surface area contributed by atoms with E-state index in [2.05, 4.69) is 9.88 Å². The Morgan fingerprint density at radius 1 is 1.35 bits per heavy atom. The van der Waals surface area contributed by atoms with Crippen molar-refractivity contribution in [2.75, 3.05) is 37.0 Å². The van der Waals surface area contributed by atoms with Gasteiger partial charge in [0, 0.05) is 32.4 Å². The third-order valence-electron chi connectivity index (χ3n) is 2.70. The first-order valence-corrected chi connectivity index (χ1v) is 6.97. The minimum absolute atomic E-state index is 0.224. The van der Waals surface area contributed by atoms with Gasteiger partial charge in [-0.25, -0.2) is 9.19 Å². The maximum absolute atomic E-state index is 10.7. The number of nitrogens with zero attached hydrogens (tertiary/aromatic N) is 3. The van der Waals surface area contributed by atoms with Crippen LogP contribution in [-0.4, -0.2) is 50.7 Å². The van der Waals surface area contributed by atoms with E-state index in [1.54, 1.807) is 6.20 Å². The van der Waals surface area contributed by atoms with Gasteiger partial charge in [-0.1, -0.05) is 11.6 Å². The molecule has 0 aliphatic carbocycles. The van der Waals surface area contributed by atoms with Crippen LogP contribution in [0.15, 0.2) is 18.3 Å². The Hall–Kier alpha value is -0.690. The number of hydrogen-bond acceptors (Lipinski definition) is 4. The van der Waals surface area contributed by atoms with Crippen LogP contribution < -0.4 is 4.90 Å². The zero-order valence-corrected chi connectivity index (χ0v) is 10.8. The molecule has 1 atom stereocenters. The molecule has 17 heavy (non-hydrogen) atoms. The van der Waals surface area contributed by atoms with Crippen molar-refractivity contribution in [2.24, 2.45) is 0 Å². The lowest BCUT2D eigenvalue weighted by molar-refractivity contribution is 0.292. The summed E-state index contributed by atoms with van der Waals surface area (Å²) >= 11 is 4.03. The normalized spacial score (nSPS) is 19.3. The lowest BCUT2D eigenvalue weighted by atomic mass is 10.3. The molecule has 0 saturated carbocycles. The third kappa shape index (κ3) is 3.64. The van der Waals surface area contributed by atoms with Crippen molar-refractivity contribution in [1.82, 2.24) is 9.88 Å². The number of rotatable bonds is 3. The van der Waals surface area contributed by atoms with E-state index in [1.165, 1.54) is 0 Å². The first kappa shape index (κ1) is 12.8. The summed E-state index contributed by atoms with van der Waals surface area (Å²) in [5.74, 6) is 1.13. The Balaban J connectivity index is 1.90. The van der Waals surface area contributed by atoms with Crippen LogP contribution in [0.5, 0.6) is 0 Å². The lowest BCUT2D eigenvalue weighted by Gasteiger charge is -2.34. The molecule has 94 valence electrons. The molecule has 1 fully saturated rings. The van der Waals surface area contributed by atoms with Crippen LogP contribution in [0.3, 0.4) is 0 Å². The van der Waals surface area contributed by atoms with Crippen molar-refractivity contribution in [3.63, 3.8) is 0 Å². The topological polar surface area (TPSA) is 56.7 Å². The number of hydrogen-bond donors (Lipinski definition) is 1. The molecular formula is C10H14ClN3O2S. The number of anilines is 1. The van der Waals surface area contributed by atoms with Gasteiger partial charge in [0.1, 0.15) is 11.7 Å². The summed E-state index contributed by atoms with van der Waals surface area (Å²) in [6, 6.07) is 3.71. The molecule has 0 aromatic carbocycles. The van der Waals surface area contributed by atoms with Gasteiger partial charge in [0.25, 0.3) is 0 Å². The minimum atomic E-state index is -1.75. The lowest BCUT2D eigenvalue weighted by Crippen LogP contribution is -2.47. The molecule has 1 unspecified atom stereocenters. The molecular weight excluding hydrogens is 262 g/mol. The molecule has 7 heteroatoms. The smallest absolute Gasteiger partial charge is 0.167 e. The van der Waals surface area contributed by atoms with Crippen molar-refractivity contribution in [3.05, 3.63) is 23.4 Å². The summed E-state index contributed by atoms with van der Waals surface area (Å²) in [5.41, 5.74) is 0. The highest BCUT2D eigenvalue weighted by atomic mass is 35.5. The molecule has 1 aliphatic rings. The van der Waals surface area contributed by atoms with Crippen LogP contribution in [0.4, 0.5) is 5.82 Å². The Morgan fingerprint density at radius 3 is 2.59 bits per heavy atom. The molecule has 1 aromatic heterocycles. The summed E-state index contributed by atoms with van der Waals surface area (Å²) in [4.78, 5) is 8.37. The molecule has 1 aliphatic heterocycles. The van der Waals surface area contributed by atoms with Gasteiger partial charge in [-0.15, -0.1) is 0 Å². The summed E-state index contributed by atoms with van der Waals surface area (Å²) in [5, 5.41) is 0.628. The standard InChI is InChI=1S/C10H14ClN3O2S/c11-9-1-2-10(12-7-9)14-5-3-13(4-6-14)8-17(15)16/h1-2,7H,3-6,8H2,(H,15,16). The van der Waals surface area contributed by atoms with E-state index in [9.17, 15) is 4.21 Å². The second kappa shape index (κ2) is 5.77. The largest absolute Gasteiger partial charge is 0.354 e. The van der Waals surface area contributed by atoms with E-state index in [4.69, 9.17) is 16.2 Å². The fourth-order valence-electron chi connectivity index (χ4n) is 1.82. The Labute approximate surface area is 108 Å². The summed E-state index contributed by atoms with van der Waals surface area (Å²) in [6.07, 6.45) is 1.63. The van der Waals surface area contributed by atoms with Crippen molar-refractivity contribution in [3.8, 4) is 0 Å². The highest BCUT2D eigenvalue weighted by Crippen LogP contribution is 2.15. The van der Waals surface area contributed by atoms with E-state index in [1.807, 2.05) is 17.0 Å². The minimum Gasteiger partial charge on any atom is -0.354 e. The van der Waals surface area contributed by atoms with Crippen molar-refractivity contribution in [1.29, 1.82) is 0 Å². The zero-order chi connectivity index (χ0) is 12.3. The SMILES string of the molecule is O=S(O)CN1CCN(c2ccc(Cl)cn2)CC1. The summed E-state index contributed by atoms with van der Waals surface area (Å²) in [7, 11) is 0. The Morgan fingerprint density at radius 2 is 2.06 bits per heavy atom. The molecule has 0 radical (unpaired) electrons. The van der Waals surface area contributed by atoms with Gasteiger partial charge in [0.15, 0.2) is 11.1 Å². The highest BCUT2D eigenvalue weighted by molar-refractivity contribution is 7.79. The Kier molecular flexibility index (Phi) is 4.33. The van der Waals surface area contributed by atoms with Gasteiger partial charge in [-0.3, -0.25) is 4.90 Å². The van der Waals surface area contributed by atoms with E-state index in [0.717, 1.165) is 32.0 Å². The number of pyridine rings is 1. The fourth-order valence-corrected chi connectivity index (χ4v) is 2.50. The van der Waals surface area contributed by atoms with Crippen LogP contribution in [0.2, 0.25) is 5.02 Å². The summed E-state index contributed by atoms with van der Waals surface area (Å²) in [6.45, 7) is 3.17. The van der Waals surface area contributed by atoms with Crippen molar-refractivity contribution < 1.29 is 8.76 Å². The van der Waals surface area contributed by atoms with Crippen LogP contribution in [0, 0.1) is 0 Å². The number of aromatic nitrogens is 1. The first-order chi connectivity index (χ1) is 8.15. The van der Waals surface area contributed by atoms with Gasteiger partial charge in [-0.05, 0) is 12.1 Å². The zero-order valence-electron chi connectivity index (χ0n) is 9.25. The third-order valence-corrected chi connectivity index (χ3v) is 3.51. The van der Waals surface area contributed by atoms with Crippen LogP contribution >= 0.6 is 11.6 Å². The molecule has 2 rings (SSSR count). The quantitative estimate of drug-likeness (QED) is 0.836. The van der Waals surface area contributed by atoms with Gasteiger partial charge in [-0.2, -0.15) is 0 Å².